The van der Waals surface area contributed by atoms with Crippen LogP contribution < -0.4 is 10.6 Å². The zero-order valence-electron chi connectivity index (χ0n) is 18.5. The number of benzene rings is 2. The molecule has 0 aromatic heterocycles. The second-order valence-electron chi connectivity index (χ2n) is 8.34. The fourth-order valence-corrected chi connectivity index (χ4v) is 4.59. The normalized spacial score (nSPS) is 19.9. The third kappa shape index (κ3) is 4.85. The molecule has 3 atom stereocenters. The number of rotatable bonds is 8. The fourth-order valence-electron chi connectivity index (χ4n) is 4.59. The summed E-state index contributed by atoms with van der Waals surface area (Å²) < 4.78 is 11.0. The van der Waals surface area contributed by atoms with Gasteiger partial charge in [0.25, 0.3) is 5.91 Å². The van der Waals surface area contributed by atoms with Gasteiger partial charge in [-0.2, -0.15) is 0 Å². The Hall–Kier alpha value is -3.39. The lowest BCUT2D eigenvalue weighted by molar-refractivity contribution is -0.144. The van der Waals surface area contributed by atoms with Crippen LogP contribution in [-0.4, -0.2) is 54.5 Å². The first-order chi connectivity index (χ1) is 16.0. The van der Waals surface area contributed by atoms with Gasteiger partial charge in [-0.3, -0.25) is 4.79 Å². The zero-order valence-corrected chi connectivity index (χ0v) is 18.5. The average Bonchev–Trinajstić information content (AvgIpc) is 3.40. The number of amides is 2. The summed E-state index contributed by atoms with van der Waals surface area (Å²) in [5, 5.41) is 14.5. The van der Waals surface area contributed by atoms with Gasteiger partial charge in [0.05, 0.1) is 6.04 Å². The van der Waals surface area contributed by atoms with E-state index in [-0.39, 0.29) is 19.1 Å². The molecule has 2 aromatic carbocycles. The molecular formula is C25H28N2O6. The minimum atomic E-state index is -1.09. The highest BCUT2D eigenvalue weighted by atomic mass is 16.6. The third-order valence-corrected chi connectivity index (χ3v) is 6.19. The van der Waals surface area contributed by atoms with Crippen LogP contribution in [0, 0.1) is 0 Å². The smallest absolute Gasteiger partial charge is 0.407 e. The van der Waals surface area contributed by atoms with Crippen molar-refractivity contribution in [3.05, 3.63) is 59.7 Å². The highest BCUT2D eigenvalue weighted by Crippen LogP contribution is 2.44. The largest absolute Gasteiger partial charge is 0.480 e. The monoisotopic (exact) mass is 452 g/mol. The lowest BCUT2D eigenvalue weighted by atomic mass is 9.98. The highest BCUT2D eigenvalue weighted by molar-refractivity contribution is 5.87. The number of alkyl carbamates (subject to hydrolysis) is 1. The number of hydrogen-bond donors (Lipinski definition) is 3. The first-order valence-electron chi connectivity index (χ1n) is 11.3. The molecule has 0 radical (unpaired) electrons. The molecule has 1 aliphatic heterocycles. The van der Waals surface area contributed by atoms with E-state index in [1.807, 2.05) is 43.3 Å². The molecule has 4 rings (SSSR count). The van der Waals surface area contributed by atoms with Gasteiger partial charge in [0, 0.05) is 12.5 Å². The number of carbonyl (C=O) groups is 3. The fraction of sp³-hybridized carbons (Fsp3) is 0.400. The van der Waals surface area contributed by atoms with Crippen LogP contribution in [0.5, 0.6) is 0 Å². The van der Waals surface area contributed by atoms with Crippen molar-refractivity contribution in [3.8, 4) is 11.1 Å². The van der Waals surface area contributed by atoms with Gasteiger partial charge in [-0.15, -0.1) is 0 Å². The van der Waals surface area contributed by atoms with Crippen molar-refractivity contribution in [2.75, 3.05) is 13.2 Å². The predicted octanol–water partition coefficient (Wildman–Crippen LogP) is 3.05. The van der Waals surface area contributed by atoms with E-state index in [1.165, 1.54) is 0 Å². The van der Waals surface area contributed by atoms with Crippen LogP contribution in [0.25, 0.3) is 11.1 Å². The first kappa shape index (κ1) is 22.8. The van der Waals surface area contributed by atoms with Crippen LogP contribution in [0.4, 0.5) is 4.79 Å². The summed E-state index contributed by atoms with van der Waals surface area (Å²) in [4.78, 5) is 36.5. The van der Waals surface area contributed by atoms with Crippen molar-refractivity contribution in [1.82, 2.24) is 10.6 Å². The van der Waals surface area contributed by atoms with Crippen LogP contribution in [0.15, 0.2) is 48.5 Å². The minimum absolute atomic E-state index is 0.0626. The summed E-state index contributed by atoms with van der Waals surface area (Å²) in [5.74, 6) is -1.70. The van der Waals surface area contributed by atoms with Gasteiger partial charge in [0.2, 0.25) is 0 Å². The highest BCUT2D eigenvalue weighted by Gasteiger charge is 2.37. The molecule has 3 N–H and O–H groups in total. The number of ether oxygens (including phenoxy) is 2. The van der Waals surface area contributed by atoms with Gasteiger partial charge in [0.15, 0.2) is 6.10 Å². The number of nitrogens with one attached hydrogen (secondary N) is 2. The van der Waals surface area contributed by atoms with Gasteiger partial charge in [0.1, 0.15) is 12.6 Å². The van der Waals surface area contributed by atoms with Gasteiger partial charge < -0.3 is 25.2 Å². The number of aliphatic carboxylic acids is 1. The lowest BCUT2D eigenvalue weighted by Crippen LogP contribution is -2.52. The Kier molecular flexibility index (Phi) is 6.93. The van der Waals surface area contributed by atoms with Crippen LogP contribution >= 0.6 is 0 Å². The zero-order chi connectivity index (χ0) is 23.4. The predicted molar refractivity (Wildman–Crippen MR) is 121 cm³/mol. The number of fused-ring (bicyclic) bond motifs is 3. The standard InChI is InChI=1S/C25H28N2O6/c1-2-7-21(24(29)30)26-23(28)22-20(12-13-32-22)27-25(31)33-14-19-17-10-5-3-8-15(17)16-9-4-6-11-18(16)19/h3-6,8-11,19-22H,2,7,12-14H2,1H3,(H,26,28)(H,27,31)(H,29,30)/t20?,21-,22?/m0/s1. The van der Waals surface area contributed by atoms with Crippen LogP contribution in [0.3, 0.4) is 0 Å². The second kappa shape index (κ2) is 10.0. The van der Waals surface area contributed by atoms with E-state index in [1.54, 1.807) is 0 Å². The number of carboxylic acid groups (broad SMARTS) is 1. The molecule has 0 bridgehead atoms. The molecule has 2 aliphatic rings. The van der Waals surface area contributed by atoms with Crippen molar-refractivity contribution in [2.45, 2.75) is 50.3 Å². The van der Waals surface area contributed by atoms with Gasteiger partial charge in [-0.1, -0.05) is 61.9 Å². The van der Waals surface area contributed by atoms with Crippen LogP contribution in [-0.2, 0) is 19.1 Å². The number of carbonyl (C=O) groups excluding carboxylic acids is 2. The molecule has 8 nitrogen and oxygen atoms in total. The molecule has 0 saturated carbocycles. The Morgan fingerprint density at radius 2 is 1.73 bits per heavy atom. The lowest BCUT2D eigenvalue weighted by Gasteiger charge is -2.22. The summed E-state index contributed by atoms with van der Waals surface area (Å²) in [5.41, 5.74) is 4.51. The Bertz CT molecular complexity index is 994. The summed E-state index contributed by atoms with van der Waals surface area (Å²) in [6.45, 7) is 2.30. The van der Waals surface area contributed by atoms with E-state index in [2.05, 4.69) is 22.8 Å². The van der Waals surface area contributed by atoms with Gasteiger partial charge in [-0.05, 0) is 35.1 Å². The van der Waals surface area contributed by atoms with E-state index in [4.69, 9.17) is 9.47 Å². The maximum Gasteiger partial charge on any atom is 0.407 e. The molecule has 1 aliphatic carbocycles. The molecule has 8 heteroatoms. The Morgan fingerprint density at radius 3 is 2.33 bits per heavy atom. The minimum Gasteiger partial charge on any atom is -0.480 e. The first-order valence-corrected chi connectivity index (χ1v) is 11.3. The Morgan fingerprint density at radius 1 is 1.09 bits per heavy atom. The van der Waals surface area contributed by atoms with Crippen molar-refractivity contribution < 1.29 is 29.0 Å². The molecule has 174 valence electrons. The average molecular weight is 453 g/mol. The molecule has 2 aromatic rings. The van der Waals surface area contributed by atoms with E-state index in [9.17, 15) is 19.5 Å². The molecule has 1 fully saturated rings. The van der Waals surface area contributed by atoms with Crippen molar-refractivity contribution >= 4 is 18.0 Å². The second-order valence-corrected chi connectivity index (χ2v) is 8.34. The number of carboxylic acids is 1. The third-order valence-electron chi connectivity index (χ3n) is 6.19. The molecule has 33 heavy (non-hydrogen) atoms. The SMILES string of the molecule is CCC[C@H](NC(=O)C1OCCC1NC(=O)OCC1c2ccccc2-c2ccccc21)C(=O)O. The van der Waals surface area contributed by atoms with Gasteiger partial charge in [-0.25, -0.2) is 9.59 Å². The summed E-state index contributed by atoms with van der Waals surface area (Å²) in [7, 11) is 0. The van der Waals surface area contributed by atoms with Crippen molar-refractivity contribution in [3.63, 3.8) is 0 Å². The Labute approximate surface area is 192 Å². The molecular weight excluding hydrogens is 424 g/mol. The topological polar surface area (TPSA) is 114 Å². The quantitative estimate of drug-likeness (QED) is 0.567. The summed E-state index contributed by atoms with van der Waals surface area (Å²) >= 11 is 0. The molecule has 1 heterocycles. The Balaban J connectivity index is 1.36. The van der Waals surface area contributed by atoms with E-state index in [0.29, 0.717) is 19.3 Å². The van der Waals surface area contributed by atoms with Crippen LogP contribution in [0.1, 0.15) is 43.2 Å². The molecule has 1 saturated heterocycles. The summed E-state index contributed by atoms with van der Waals surface area (Å²) in [6.07, 6.45) is -0.214. The van der Waals surface area contributed by atoms with Gasteiger partial charge >= 0.3 is 12.1 Å². The van der Waals surface area contributed by atoms with Crippen molar-refractivity contribution in [2.24, 2.45) is 0 Å². The van der Waals surface area contributed by atoms with E-state index < -0.39 is 36.2 Å². The maximum atomic E-state index is 12.6. The number of hydrogen-bond acceptors (Lipinski definition) is 5. The van der Waals surface area contributed by atoms with Crippen LogP contribution in [0.2, 0.25) is 0 Å². The van der Waals surface area contributed by atoms with E-state index >= 15 is 0 Å². The molecule has 2 amide bonds. The molecule has 0 spiro atoms. The summed E-state index contributed by atoms with van der Waals surface area (Å²) in [6, 6.07) is 14.6. The van der Waals surface area contributed by atoms with E-state index in [0.717, 1.165) is 22.3 Å². The maximum absolute atomic E-state index is 12.6. The molecule has 2 unspecified atom stereocenters. The van der Waals surface area contributed by atoms with Crippen molar-refractivity contribution in [1.29, 1.82) is 0 Å².